The number of benzene rings is 1. The van der Waals surface area contributed by atoms with Crippen molar-refractivity contribution in [3.8, 4) is 5.75 Å². The van der Waals surface area contributed by atoms with Crippen molar-refractivity contribution in [3.63, 3.8) is 0 Å². The number of aliphatic carboxylic acids is 1. The molecule has 0 fully saturated rings. The summed E-state index contributed by atoms with van der Waals surface area (Å²) in [6.45, 7) is 4.94. The molecule has 0 saturated heterocycles. The summed E-state index contributed by atoms with van der Waals surface area (Å²) in [5.74, 6) is -1.79. The Labute approximate surface area is 147 Å². The molecule has 140 valence electrons. The number of rotatable bonds is 9. The molecule has 0 unspecified atom stereocenters. The predicted molar refractivity (Wildman–Crippen MR) is 91.7 cm³/mol. The van der Waals surface area contributed by atoms with Gasteiger partial charge in [-0.1, -0.05) is 26.3 Å². The van der Waals surface area contributed by atoms with Crippen molar-refractivity contribution in [2.75, 3.05) is 7.11 Å². The van der Waals surface area contributed by atoms with Gasteiger partial charge in [0.2, 0.25) is 15.9 Å². The number of sulfonamides is 1. The van der Waals surface area contributed by atoms with Crippen molar-refractivity contribution in [2.24, 2.45) is 5.92 Å². The van der Waals surface area contributed by atoms with E-state index >= 15 is 0 Å². The average Bonchev–Trinajstić information content (AvgIpc) is 2.56. The molecule has 0 aliphatic carbocycles. The number of carboxylic acids is 1. The first kappa shape index (κ1) is 20.9. The Morgan fingerprint density at radius 3 is 2.44 bits per heavy atom. The molecule has 1 amide bonds. The van der Waals surface area contributed by atoms with Crippen LogP contribution in [0.2, 0.25) is 0 Å². The van der Waals surface area contributed by atoms with Crippen LogP contribution in [0.1, 0.15) is 32.8 Å². The maximum absolute atomic E-state index is 12.7. The molecule has 0 aliphatic rings. The van der Waals surface area contributed by atoms with E-state index in [2.05, 4.69) is 10.0 Å². The first-order valence-electron chi connectivity index (χ1n) is 7.78. The van der Waals surface area contributed by atoms with Gasteiger partial charge in [0.25, 0.3) is 0 Å². The maximum Gasteiger partial charge on any atom is 0.322 e. The summed E-state index contributed by atoms with van der Waals surface area (Å²) >= 11 is 0. The topological polar surface area (TPSA) is 122 Å². The highest BCUT2D eigenvalue weighted by atomic mass is 32.2. The van der Waals surface area contributed by atoms with E-state index in [4.69, 9.17) is 4.74 Å². The standard InChI is InChI=1S/C16H24N2O6S/c1-5-10(2)15(16(20)21)18-25(22,23)14-8-12(9-17-11(3)19)6-7-13(14)24-4/h6-8,10,15,18H,5,9H2,1-4H3,(H,17,19)(H,20,21)/t10-,15-/m0/s1. The summed E-state index contributed by atoms with van der Waals surface area (Å²) in [5, 5.41) is 11.9. The quantitative estimate of drug-likeness (QED) is 0.597. The van der Waals surface area contributed by atoms with Crippen molar-refractivity contribution >= 4 is 21.9 Å². The van der Waals surface area contributed by atoms with Crippen LogP contribution in [0.4, 0.5) is 0 Å². The number of ether oxygens (including phenoxy) is 1. The first-order valence-corrected chi connectivity index (χ1v) is 9.27. The Kier molecular flexibility index (Phi) is 7.38. The molecule has 2 atom stereocenters. The van der Waals surface area contributed by atoms with E-state index in [1.165, 1.54) is 26.2 Å². The van der Waals surface area contributed by atoms with Crippen molar-refractivity contribution < 1.29 is 27.9 Å². The molecule has 8 nitrogen and oxygen atoms in total. The number of carbonyl (C=O) groups is 2. The highest BCUT2D eigenvalue weighted by Crippen LogP contribution is 2.26. The molecule has 25 heavy (non-hydrogen) atoms. The predicted octanol–water partition coefficient (Wildman–Crippen LogP) is 1.11. The molecular formula is C16H24N2O6S. The summed E-state index contributed by atoms with van der Waals surface area (Å²) in [5.41, 5.74) is 0.548. The summed E-state index contributed by atoms with van der Waals surface area (Å²) in [6.07, 6.45) is 0.499. The monoisotopic (exact) mass is 372 g/mol. The molecule has 0 aliphatic heterocycles. The lowest BCUT2D eigenvalue weighted by Gasteiger charge is -2.21. The van der Waals surface area contributed by atoms with Crippen molar-refractivity contribution in [2.45, 2.75) is 44.7 Å². The molecule has 0 radical (unpaired) electrons. The van der Waals surface area contributed by atoms with Gasteiger partial charge in [-0.3, -0.25) is 9.59 Å². The van der Waals surface area contributed by atoms with E-state index in [-0.39, 0.29) is 29.0 Å². The Morgan fingerprint density at radius 2 is 1.96 bits per heavy atom. The molecule has 0 aromatic heterocycles. The SMILES string of the molecule is CC[C@H](C)[C@H](NS(=O)(=O)c1cc(CNC(C)=O)ccc1OC)C(=O)O. The van der Waals surface area contributed by atoms with Crippen LogP contribution in [0.15, 0.2) is 23.1 Å². The minimum atomic E-state index is -4.13. The Bertz CT molecular complexity index is 732. The lowest BCUT2D eigenvalue weighted by atomic mass is 10.0. The van der Waals surface area contributed by atoms with Gasteiger partial charge < -0.3 is 15.2 Å². The van der Waals surface area contributed by atoms with Gasteiger partial charge in [0.15, 0.2) is 0 Å². The van der Waals surface area contributed by atoms with Gasteiger partial charge >= 0.3 is 5.97 Å². The van der Waals surface area contributed by atoms with E-state index in [9.17, 15) is 23.1 Å². The zero-order valence-corrected chi connectivity index (χ0v) is 15.5. The van der Waals surface area contributed by atoms with Crippen LogP contribution in [0.25, 0.3) is 0 Å². The van der Waals surface area contributed by atoms with E-state index in [0.29, 0.717) is 12.0 Å². The second-order valence-electron chi connectivity index (χ2n) is 5.72. The molecule has 0 bridgehead atoms. The fourth-order valence-corrected chi connectivity index (χ4v) is 3.66. The minimum absolute atomic E-state index is 0.0902. The van der Waals surface area contributed by atoms with Crippen LogP contribution in [0.5, 0.6) is 5.75 Å². The van der Waals surface area contributed by atoms with Gasteiger partial charge in [-0.25, -0.2) is 8.42 Å². The average molecular weight is 372 g/mol. The van der Waals surface area contributed by atoms with Gasteiger partial charge in [0, 0.05) is 13.5 Å². The smallest absolute Gasteiger partial charge is 0.322 e. The number of amides is 1. The lowest BCUT2D eigenvalue weighted by Crippen LogP contribution is -2.45. The number of carbonyl (C=O) groups excluding carboxylic acids is 1. The third-order valence-corrected chi connectivity index (χ3v) is 5.28. The molecule has 3 N–H and O–H groups in total. The Morgan fingerprint density at radius 1 is 1.32 bits per heavy atom. The number of nitrogens with one attached hydrogen (secondary N) is 2. The first-order chi connectivity index (χ1) is 11.6. The van der Waals surface area contributed by atoms with Crippen molar-refractivity contribution in [1.29, 1.82) is 0 Å². The zero-order valence-electron chi connectivity index (χ0n) is 14.7. The van der Waals surface area contributed by atoms with Crippen LogP contribution in [-0.2, 0) is 26.2 Å². The Hall–Kier alpha value is -2.13. The summed E-state index contributed by atoms with van der Waals surface area (Å²) in [6, 6.07) is 3.19. The fraction of sp³-hybridized carbons (Fsp3) is 0.500. The van der Waals surface area contributed by atoms with Crippen molar-refractivity contribution in [1.82, 2.24) is 10.0 Å². The molecule has 1 aromatic rings. The van der Waals surface area contributed by atoms with Gasteiger partial charge in [-0.05, 0) is 23.6 Å². The largest absolute Gasteiger partial charge is 0.495 e. The number of methoxy groups -OCH3 is 1. The highest BCUT2D eigenvalue weighted by Gasteiger charge is 2.31. The Balaban J connectivity index is 3.23. The minimum Gasteiger partial charge on any atom is -0.495 e. The summed E-state index contributed by atoms with van der Waals surface area (Å²) in [4.78, 5) is 22.2. The van der Waals surface area contributed by atoms with Crippen LogP contribution in [-0.4, -0.2) is 38.6 Å². The molecule has 0 saturated carbocycles. The van der Waals surface area contributed by atoms with Gasteiger partial charge in [0.1, 0.15) is 16.7 Å². The number of hydrogen-bond donors (Lipinski definition) is 3. The summed E-state index contributed by atoms with van der Waals surface area (Å²) in [7, 11) is -2.81. The van der Waals surface area contributed by atoms with Crippen LogP contribution < -0.4 is 14.8 Å². The van der Waals surface area contributed by atoms with Crippen molar-refractivity contribution in [3.05, 3.63) is 23.8 Å². The highest BCUT2D eigenvalue weighted by molar-refractivity contribution is 7.89. The molecule has 0 spiro atoms. The van der Waals surface area contributed by atoms with Crippen LogP contribution in [0, 0.1) is 5.92 Å². The normalized spacial score (nSPS) is 13.8. The second kappa shape index (κ2) is 8.82. The van der Waals surface area contributed by atoms with Crippen LogP contribution >= 0.6 is 0 Å². The molecule has 9 heteroatoms. The fourth-order valence-electron chi connectivity index (χ4n) is 2.14. The zero-order chi connectivity index (χ0) is 19.2. The van der Waals surface area contributed by atoms with E-state index in [1.807, 2.05) is 0 Å². The van der Waals surface area contributed by atoms with E-state index < -0.39 is 22.0 Å². The second-order valence-corrected chi connectivity index (χ2v) is 7.40. The third-order valence-electron chi connectivity index (χ3n) is 3.82. The summed E-state index contributed by atoms with van der Waals surface area (Å²) < 4.78 is 32.7. The maximum atomic E-state index is 12.7. The van der Waals surface area contributed by atoms with E-state index in [0.717, 1.165) is 0 Å². The van der Waals surface area contributed by atoms with E-state index in [1.54, 1.807) is 19.9 Å². The molecule has 1 rings (SSSR count). The molecule has 0 heterocycles. The number of hydrogen-bond acceptors (Lipinski definition) is 5. The van der Waals surface area contributed by atoms with Gasteiger partial charge in [-0.15, -0.1) is 0 Å². The lowest BCUT2D eigenvalue weighted by molar-refractivity contribution is -0.140. The molecular weight excluding hydrogens is 348 g/mol. The third kappa shape index (κ3) is 5.71. The van der Waals surface area contributed by atoms with Gasteiger partial charge in [-0.2, -0.15) is 4.72 Å². The number of carboxylic acid groups (broad SMARTS) is 1. The van der Waals surface area contributed by atoms with Gasteiger partial charge in [0.05, 0.1) is 7.11 Å². The van der Waals surface area contributed by atoms with Crippen LogP contribution in [0.3, 0.4) is 0 Å². The molecule has 1 aromatic carbocycles.